The summed E-state index contributed by atoms with van der Waals surface area (Å²) in [5, 5.41) is 15.6. The maximum absolute atomic E-state index is 13.6. The number of hydrogen-bond donors (Lipinski definition) is 4. The van der Waals surface area contributed by atoms with Crippen LogP contribution >= 0.6 is 0 Å². The number of carbonyl (C=O) groups excluding carboxylic acids is 4. The van der Waals surface area contributed by atoms with Crippen molar-refractivity contribution in [3.8, 4) is 0 Å². The Balaban J connectivity index is 1.80. The number of aliphatic hydroxyl groups is 1. The number of sulfonamides is 1. The summed E-state index contributed by atoms with van der Waals surface area (Å²) < 4.78 is 32.1. The van der Waals surface area contributed by atoms with E-state index in [0.29, 0.717) is 19.3 Å². The molecule has 4 N–H and O–H groups in total. The zero-order chi connectivity index (χ0) is 29.6. The van der Waals surface area contributed by atoms with Gasteiger partial charge in [-0.2, -0.15) is 0 Å². The third-order valence-electron chi connectivity index (χ3n) is 7.88. The summed E-state index contributed by atoms with van der Waals surface area (Å²) in [6.07, 6.45) is 0.619. The van der Waals surface area contributed by atoms with E-state index in [0.717, 1.165) is 0 Å². The second-order valence-electron chi connectivity index (χ2n) is 12.3. The fraction of sp³-hybridized carbons (Fsp3) is 0.769. The third kappa shape index (κ3) is 6.24. The molecule has 4 unspecified atom stereocenters. The molecule has 3 fully saturated rings. The minimum absolute atomic E-state index is 0.0847. The average molecular weight is 571 g/mol. The molecule has 3 rings (SSSR count). The molecule has 39 heavy (non-hydrogen) atoms. The molecule has 0 aromatic heterocycles. The van der Waals surface area contributed by atoms with Crippen LogP contribution in [0.1, 0.15) is 73.6 Å². The Morgan fingerprint density at radius 3 is 2.28 bits per heavy atom. The molecule has 2 aliphatic carbocycles. The first-order chi connectivity index (χ1) is 17.9. The Bertz CT molecular complexity index is 1130. The van der Waals surface area contributed by atoms with Crippen LogP contribution in [0.15, 0.2) is 12.7 Å². The van der Waals surface area contributed by atoms with Crippen molar-refractivity contribution >= 4 is 33.8 Å². The van der Waals surface area contributed by atoms with Crippen molar-refractivity contribution in [1.29, 1.82) is 0 Å². The topological polar surface area (TPSA) is 171 Å². The highest BCUT2D eigenvalue weighted by Crippen LogP contribution is 2.48. The van der Waals surface area contributed by atoms with Crippen LogP contribution in [-0.2, 0) is 29.1 Å². The number of rotatable bonds is 10. The first kappa shape index (κ1) is 30.9. The summed E-state index contributed by atoms with van der Waals surface area (Å²) in [5.74, 6) is -2.64. The van der Waals surface area contributed by atoms with E-state index >= 15 is 0 Å². The van der Waals surface area contributed by atoms with Gasteiger partial charge < -0.3 is 25.4 Å². The molecular formula is C26H42N4O8S. The van der Waals surface area contributed by atoms with Gasteiger partial charge in [-0.1, -0.05) is 33.8 Å². The lowest BCUT2D eigenvalue weighted by atomic mass is 9.85. The van der Waals surface area contributed by atoms with Crippen molar-refractivity contribution in [3.05, 3.63) is 12.7 Å². The van der Waals surface area contributed by atoms with Gasteiger partial charge in [0.1, 0.15) is 17.6 Å². The molecule has 13 heteroatoms. The highest BCUT2D eigenvalue weighted by atomic mass is 32.2. The molecule has 2 saturated carbocycles. The smallest absolute Gasteiger partial charge is 0.408 e. The van der Waals surface area contributed by atoms with Crippen molar-refractivity contribution in [3.63, 3.8) is 0 Å². The number of aliphatic hydroxyl groups excluding tert-OH is 1. The van der Waals surface area contributed by atoms with Crippen molar-refractivity contribution in [1.82, 2.24) is 20.3 Å². The Kier molecular flexibility index (Phi) is 8.48. The van der Waals surface area contributed by atoms with Crippen molar-refractivity contribution in [2.75, 3.05) is 6.54 Å². The summed E-state index contributed by atoms with van der Waals surface area (Å²) >= 11 is 0. The second-order valence-corrected chi connectivity index (χ2v) is 14.3. The molecule has 3 aliphatic rings. The zero-order valence-electron chi connectivity index (χ0n) is 23.6. The van der Waals surface area contributed by atoms with E-state index in [2.05, 4.69) is 21.9 Å². The molecule has 4 amide bonds. The zero-order valence-corrected chi connectivity index (χ0v) is 24.4. The first-order valence-corrected chi connectivity index (χ1v) is 14.9. The lowest BCUT2D eigenvalue weighted by molar-refractivity contribution is -0.143. The van der Waals surface area contributed by atoms with Crippen LogP contribution in [0.25, 0.3) is 0 Å². The summed E-state index contributed by atoms with van der Waals surface area (Å²) in [7, 11) is -3.95. The lowest BCUT2D eigenvalue weighted by Gasteiger charge is -2.35. The molecule has 12 nitrogen and oxygen atoms in total. The minimum Gasteiger partial charge on any atom is -0.447 e. The molecule has 220 valence electrons. The largest absolute Gasteiger partial charge is 0.447 e. The van der Waals surface area contributed by atoms with Crippen LogP contribution in [0, 0.1) is 11.3 Å². The molecule has 0 aromatic rings. The number of ether oxygens (including phenoxy) is 1. The number of β-amino-alcohol motifs (C(OH)–C–C–N with tert-alkyl or cyclic N) is 1. The van der Waals surface area contributed by atoms with Gasteiger partial charge in [0.15, 0.2) is 0 Å². The Hall–Kier alpha value is -2.67. The number of alkyl carbamates (subject to hydrolysis) is 1. The van der Waals surface area contributed by atoms with Crippen LogP contribution in [0.2, 0.25) is 0 Å². The van der Waals surface area contributed by atoms with Gasteiger partial charge in [0.2, 0.25) is 21.8 Å². The van der Waals surface area contributed by atoms with E-state index in [1.54, 1.807) is 41.5 Å². The number of likely N-dealkylation sites (tertiary alicyclic amines) is 1. The van der Waals surface area contributed by atoms with E-state index in [-0.39, 0.29) is 19.4 Å². The van der Waals surface area contributed by atoms with Gasteiger partial charge in [-0.05, 0) is 44.9 Å². The third-order valence-corrected chi connectivity index (χ3v) is 10.2. The van der Waals surface area contributed by atoms with Crippen molar-refractivity contribution in [2.24, 2.45) is 11.3 Å². The van der Waals surface area contributed by atoms with Crippen LogP contribution in [-0.4, -0.2) is 83.4 Å². The molecule has 0 spiro atoms. The molecule has 1 heterocycles. The number of carbonyl (C=O) groups is 4. The molecule has 5 atom stereocenters. The van der Waals surface area contributed by atoms with E-state index in [1.165, 1.54) is 11.0 Å². The predicted molar refractivity (Wildman–Crippen MR) is 143 cm³/mol. The summed E-state index contributed by atoms with van der Waals surface area (Å²) in [6, 6.07) is -2.21. The van der Waals surface area contributed by atoms with Gasteiger partial charge in [-0.15, -0.1) is 6.58 Å². The molecule has 1 aliphatic heterocycles. The molecular weight excluding hydrogens is 528 g/mol. The van der Waals surface area contributed by atoms with E-state index in [4.69, 9.17) is 4.74 Å². The van der Waals surface area contributed by atoms with E-state index in [1.807, 2.05) is 0 Å². The van der Waals surface area contributed by atoms with Crippen LogP contribution in [0.5, 0.6) is 0 Å². The normalized spacial score (nSPS) is 28.3. The monoisotopic (exact) mass is 570 g/mol. The van der Waals surface area contributed by atoms with Gasteiger partial charge in [0, 0.05) is 18.9 Å². The van der Waals surface area contributed by atoms with Gasteiger partial charge in [0.05, 0.1) is 17.0 Å². The second kappa shape index (κ2) is 10.7. The fourth-order valence-electron chi connectivity index (χ4n) is 5.10. The summed E-state index contributed by atoms with van der Waals surface area (Å²) in [5.41, 5.74) is -2.29. The van der Waals surface area contributed by atoms with Crippen LogP contribution < -0.4 is 15.4 Å². The molecule has 0 aromatic carbocycles. The van der Waals surface area contributed by atoms with Gasteiger partial charge in [-0.25, -0.2) is 13.2 Å². The fourth-order valence-corrected chi connectivity index (χ4v) is 6.76. The number of hydrogen-bond acceptors (Lipinski definition) is 8. The molecule has 1 saturated heterocycles. The quantitative estimate of drug-likeness (QED) is 0.281. The number of nitrogens with one attached hydrogen (secondary N) is 3. The SMILES string of the molecule is C=CC1CC1(NC(=O)C1CC(O)CN1C(=O)[C@@H](NC(=O)OC(C)C)C(C)(C)C)C(=O)NS(=O)(=O)C1(CC)CC1. The molecule has 0 radical (unpaired) electrons. The van der Waals surface area contributed by atoms with E-state index < -0.39 is 79.7 Å². The van der Waals surface area contributed by atoms with E-state index in [9.17, 15) is 32.7 Å². The Morgan fingerprint density at radius 1 is 1.21 bits per heavy atom. The number of nitrogens with zero attached hydrogens (tertiary/aromatic N) is 1. The highest BCUT2D eigenvalue weighted by molar-refractivity contribution is 7.91. The number of amides is 4. The summed E-state index contributed by atoms with van der Waals surface area (Å²) in [4.78, 5) is 53.9. The average Bonchev–Trinajstić information content (AvgIpc) is 3.71. The lowest BCUT2D eigenvalue weighted by Crippen LogP contribution is -2.60. The Morgan fingerprint density at radius 2 is 1.82 bits per heavy atom. The maximum Gasteiger partial charge on any atom is 0.408 e. The molecule has 0 bridgehead atoms. The maximum atomic E-state index is 13.6. The van der Waals surface area contributed by atoms with Crippen molar-refractivity contribution in [2.45, 2.75) is 108 Å². The Labute approximate surface area is 230 Å². The van der Waals surface area contributed by atoms with Gasteiger partial charge in [0.25, 0.3) is 5.91 Å². The van der Waals surface area contributed by atoms with Crippen LogP contribution in [0.3, 0.4) is 0 Å². The minimum atomic E-state index is -3.95. The standard InChI is InChI=1S/C26H42N4O8S/c1-8-16-13-26(16,22(34)29-39(36,37)25(9-2)10-11-25)28-20(32)18-12-17(31)14-30(18)21(33)19(24(5,6)7)27-23(35)38-15(3)4/h8,15-19,31H,1,9-14H2,2-7H3,(H,27,35)(H,28,32)(H,29,34)/t16?,17?,18?,19-,26?/m1/s1. The van der Waals surface area contributed by atoms with Crippen LogP contribution in [0.4, 0.5) is 4.79 Å². The highest BCUT2D eigenvalue weighted by Gasteiger charge is 2.63. The predicted octanol–water partition coefficient (Wildman–Crippen LogP) is 0.947. The summed E-state index contributed by atoms with van der Waals surface area (Å²) in [6.45, 7) is 13.9. The first-order valence-electron chi connectivity index (χ1n) is 13.4. The van der Waals surface area contributed by atoms with Gasteiger partial charge >= 0.3 is 6.09 Å². The van der Waals surface area contributed by atoms with Gasteiger partial charge in [-0.3, -0.25) is 19.1 Å². The van der Waals surface area contributed by atoms with Crippen molar-refractivity contribution < 1.29 is 37.4 Å².